The van der Waals surface area contributed by atoms with E-state index in [-0.39, 0.29) is 0 Å². The quantitative estimate of drug-likeness (QED) is 0.228. The van der Waals surface area contributed by atoms with Gasteiger partial charge in [0.05, 0.1) is 25.6 Å². The van der Waals surface area contributed by atoms with Gasteiger partial charge >= 0.3 is 0 Å². The van der Waals surface area contributed by atoms with Gasteiger partial charge in [0, 0.05) is 0 Å². The van der Waals surface area contributed by atoms with Crippen molar-refractivity contribution >= 4 is 11.9 Å². The van der Waals surface area contributed by atoms with Gasteiger partial charge in [0.2, 0.25) is 0 Å². The van der Waals surface area contributed by atoms with Crippen molar-refractivity contribution in [1.82, 2.24) is 0 Å². The molecule has 0 radical (unpaired) electrons. The minimum absolute atomic E-state index is 0.728. The van der Waals surface area contributed by atoms with Crippen LogP contribution in [0.4, 0.5) is 5.69 Å². The first-order valence-corrected chi connectivity index (χ1v) is 10.8. The number of hydrazone groups is 1. The van der Waals surface area contributed by atoms with Crippen LogP contribution in [0.1, 0.15) is 68.6 Å². The Kier molecular flexibility index (Phi) is 10.1. The molecule has 0 unspecified atom stereocenters. The van der Waals surface area contributed by atoms with Crippen molar-refractivity contribution in [2.24, 2.45) is 5.10 Å². The summed E-state index contributed by atoms with van der Waals surface area (Å²) in [6.45, 7) is 7.18. The molecule has 0 aromatic heterocycles. The number of nitrogens with zero attached hydrogens (tertiary/aromatic N) is 1. The molecule has 0 aliphatic carbocycles. The van der Waals surface area contributed by atoms with Gasteiger partial charge in [-0.3, -0.25) is 5.43 Å². The maximum atomic E-state index is 5.92. The lowest BCUT2D eigenvalue weighted by Gasteiger charge is -2.11. The number of unbranched alkanes of at least 4 members (excludes halogenated alkanes) is 6. The number of nitrogens with one attached hydrogen (secondary N) is 1. The molecule has 29 heavy (non-hydrogen) atoms. The van der Waals surface area contributed by atoms with Crippen molar-refractivity contribution in [3.05, 3.63) is 53.1 Å². The largest absolute Gasteiger partial charge is 0.493 e. The monoisotopic (exact) mass is 396 g/mol. The third-order valence-electron chi connectivity index (χ3n) is 5.11. The van der Waals surface area contributed by atoms with Crippen molar-refractivity contribution in [2.45, 2.75) is 65.7 Å². The van der Waals surface area contributed by atoms with Gasteiger partial charge in [-0.25, -0.2) is 0 Å². The molecular formula is C25H36N2O2. The van der Waals surface area contributed by atoms with E-state index in [0.29, 0.717) is 0 Å². The van der Waals surface area contributed by atoms with Crippen LogP contribution in [0, 0.1) is 13.8 Å². The normalized spacial score (nSPS) is 11.0. The number of hydrogen-bond donors (Lipinski definition) is 1. The molecule has 0 saturated carbocycles. The number of aryl methyl sites for hydroxylation is 2. The fraction of sp³-hybridized carbons (Fsp3) is 0.480. The second-order valence-electron chi connectivity index (χ2n) is 7.55. The second kappa shape index (κ2) is 12.9. The summed E-state index contributed by atoms with van der Waals surface area (Å²) in [6.07, 6.45) is 10.7. The van der Waals surface area contributed by atoms with E-state index in [1.165, 1.54) is 49.7 Å². The smallest absolute Gasteiger partial charge is 0.161 e. The van der Waals surface area contributed by atoms with Crippen molar-refractivity contribution in [3.8, 4) is 11.5 Å². The molecule has 0 amide bonds. The Bertz CT molecular complexity index is 771. The molecule has 4 nitrogen and oxygen atoms in total. The van der Waals surface area contributed by atoms with Crippen LogP contribution < -0.4 is 14.9 Å². The fourth-order valence-electron chi connectivity index (χ4n) is 3.12. The van der Waals surface area contributed by atoms with Gasteiger partial charge < -0.3 is 9.47 Å². The van der Waals surface area contributed by atoms with E-state index in [4.69, 9.17) is 9.47 Å². The number of anilines is 1. The van der Waals surface area contributed by atoms with Crippen molar-refractivity contribution in [3.63, 3.8) is 0 Å². The maximum absolute atomic E-state index is 5.92. The summed E-state index contributed by atoms with van der Waals surface area (Å²) in [4.78, 5) is 0. The summed E-state index contributed by atoms with van der Waals surface area (Å²) < 4.78 is 11.4. The zero-order valence-corrected chi connectivity index (χ0v) is 18.5. The molecule has 1 N–H and O–H groups in total. The lowest BCUT2D eigenvalue weighted by molar-refractivity contribution is 0.284. The van der Waals surface area contributed by atoms with E-state index >= 15 is 0 Å². The Labute approximate surface area is 176 Å². The highest BCUT2D eigenvalue weighted by atomic mass is 16.5. The van der Waals surface area contributed by atoms with Crippen LogP contribution in [0.15, 0.2) is 41.5 Å². The van der Waals surface area contributed by atoms with Gasteiger partial charge in [0.25, 0.3) is 0 Å². The van der Waals surface area contributed by atoms with Gasteiger partial charge in [-0.05, 0) is 67.3 Å². The van der Waals surface area contributed by atoms with Gasteiger partial charge in [-0.15, -0.1) is 0 Å². The van der Waals surface area contributed by atoms with Crippen LogP contribution in [0.25, 0.3) is 0 Å². The topological polar surface area (TPSA) is 42.8 Å². The maximum Gasteiger partial charge on any atom is 0.161 e. The van der Waals surface area contributed by atoms with Crippen molar-refractivity contribution < 1.29 is 9.47 Å². The Morgan fingerprint density at radius 1 is 0.862 bits per heavy atom. The van der Waals surface area contributed by atoms with E-state index in [2.05, 4.69) is 43.4 Å². The van der Waals surface area contributed by atoms with Crippen molar-refractivity contribution in [2.75, 3.05) is 19.1 Å². The highest BCUT2D eigenvalue weighted by Crippen LogP contribution is 2.28. The molecule has 0 fully saturated rings. The van der Waals surface area contributed by atoms with Gasteiger partial charge in [0.1, 0.15) is 0 Å². The first-order chi connectivity index (χ1) is 14.1. The van der Waals surface area contributed by atoms with Crippen LogP contribution in [-0.4, -0.2) is 19.9 Å². The number of rotatable bonds is 13. The Morgan fingerprint density at radius 3 is 2.34 bits per heavy atom. The molecule has 4 heteroatoms. The molecule has 2 aromatic rings. The number of benzene rings is 2. The van der Waals surface area contributed by atoms with E-state index in [1.807, 2.05) is 24.3 Å². The SMILES string of the molecule is CCCCCCCCCOc1ccc(/C=N/Nc2ccc(C)c(C)c2)cc1OC. The third kappa shape index (κ3) is 8.18. The Hall–Kier alpha value is -2.49. The molecule has 2 aromatic carbocycles. The van der Waals surface area contributed by atoms with E-state index in [0.717, 1.165) is 35.8 Å². The summed E-state index contributed by atoms with van der Waals surface area (Å²) in [5.41, 5.74) is 7.53. The van der Waals surface area contributed by atoms with Crippen LogP contribution in [-0.2, 0) is 0 Å². The minimum atomic E-state index is 0.728. The highest BCUT2D eigenvalue weighted by Gasteiger charge is 2.05. The summed E-state index contributed by atoms with van der Waals surface area (Å²) in [6, 6.07) is 12.1. The fourth-order valence-corrected chi connectivity index (χ4v) is 3.12. The van der Waals surface area contributed by atoms with E-state index in [9.17, 15) is 0 Å². The molecule has 0 aliphatic rings. The van der Waals surface area contributed by atoms with E-state index in [1.54, 1.807) is 13.3 Å². The van der Waals surface area contributed by atoms with Crippen LogP contribution in [0.3, 0.4) is 0 Å². The summed E-state index contributed by atoms with van der Waals surface area (Å²) in [7, 11) is 1.67. The zero-order chi connectivity index (χ0) is 20.9. The van der Waals surface area contributed by atoms with Crippen LogP contribution >= 0.6 is 0 Å². The molecule has 0 saturated heterocycles. The standard InChI is InChI=1S/C25H36N2O2/c1-5-6-7-8-9-10-11-16-29-24-15-13-22(18-25(24)28-4)19-26-27-23-14-12-20(2)21(3)17-23/h12-15,17-19,27H,5-11,16H2,1-4H3/b26-19+. The lowest BCUT2D eigenvalue weighted by atomic mass is 10.1. The van der Waals surface area contributed by atoms with Crippen LogP contribution in [0.2, 0.25) is 0 Å². The minimum Gasteiger partial charge on any atom is -0.493 e. The summed E-state index contributed by atoms with van der Waals surface area (Å²) in [5, 5.41) is 4.33. The lowest BCUT2D eigenvalue weighted by Crippen LogP contribution is -2.00. The van der Waals surface area contributed by atoms with Crippen LogP contribution in [0.5, 0.6) is 11.5 Å². The average Bonchev–Trinajstić information content (AvgIpc) is 2.73. The average molecular weight is 397 g/mol. The molecule has 0 bridgehead atoms. The Morgan fingerprint density at radius 2 is 1.62 bits per heavy atom. The predicted octanol–water partition coefficient (Wildman–Crippen LogP) is 6.89. The molecule has 0 atom stereocenters. The zero-order valence-electron chi connectivity index (χ0n) is 18.5. The summed E-state index contributed by atoms with van der Waals surface area (Å²) in [5.74, 6) is 1.53. The molecular weight excluding hydrogens is 360 g/mol. The highest BCUT2D eigenvalue weighted by molar-refractivity contribution is 5.81. The van der Waals surface area contributed by atoms with Gasteiger partial charge in [-0.1, -0.05) is 51.5 Å². The molecule has 158 valence electrons. The second-order valence-corrected chi connectivity index (χ2v) is 7.55. The number of methoxy groups -OCH3 is 1. The molecule has 0 aliphatic heterocycles. The Balaban J connectivity index is 1.80. The third-order valence-corrected chi connectivity index (χ3v) is 5.11. The molecule has 2 rings (SSSR count). The first kappa shape index (κ1) is 22.8. The summed E-state index contributed by atoms with van der Waals surface area (Å²) >= 11 is 0. The van der Waals surface area contributed by atoms with Gasteiger partial charge in [0.15, 0.2) is 11.5 Å². The number of hydrogen-bond acceptors (Lipinski definition) is 4. The predicted molar refractivity (Wildman–Crippen MR) is 124 cm³/mol. The van der Waals surface area contributed by atoms with E-state index < -0.39 is 0 Å². The number of ether oxygens (including phenoxy) is 2. The first-order valence-electron chi connectivity index (χ1n) is 10.8. The molecule has 0 heterocycles. The van der Waals surface area contributed by atoms with Gasteiger partial charge in [-0.2, -0.15) is 5.10 Å². The molecule has 0 spiro atoms. The van der Waals surface area contributed by atoms with Crippen molar-refractivity contribution in [1.29, 1.82) is 0 Å².